The summed E-state index contributed by atoms with van der Waals surface area (Å²) in [5, 5.41) is 3.46. The van der Waals surface area contributed by atoms with E-state index in [4.69, 9.17) is 0 Å². The number of hydrogen-bond donors (Lipinski definition) is 1. The molecule has 2 aliphatic rings. The molecule has 0 aromatic heterocycles. The molecule has 3 rings (SSSR count). The molecule has 3 unspecified atom stereocenters. The van der Waals surface area contributed by atoms with Crippen molar-refractivity contribution >= 4 is 5.91 Å². The predicted molar refractivity (Wildman–Crippen MR) is 80.5 cm³/mol. The molecule has 1 amide bonds. The van der Waals surface area contributed by atoms with Crippen molar-refractivity contribution in [3.05, 3.63) is 35.9 Å². The Morgan fingerprint density at radius 2 is 2.05 bits per heavy atom. The van der Waals surface area contributed by atoms with Gasteiger partial charge in [-0.3, -0.25) is 4.79 Å². The van der Waals surface area contributed by atoms with Crippen molar-refractivity contribution in [1.29, 1.82) is 0 Å². The largest absolute Gasteiger partial charge is 0.342 e. The summed E-state index contributed by atoms with van der Waals surface area (Å²) in [5.74, 6) is 1.81. The predicted octanol–water partition coefficient (Wildman–Crippen LogP) is 2.25. The van der Waals surface area contributed by atoms with Crippen molar-refractivity contribution in [2.45, 2.75) is 25.7 Å². The van der Waals surface area contributed by atoms with Gasteiger partial charge in [-0.15, -0.1) is 0 Å². The van der Waals surface area contributed by atoms with Gasteiger partial charge in [0.05, 0.1) is 5.92 Å². The lowest BCUT2D eigenvalue weighted by Crippen LogP contribution is -2.45. The first kappa shape index (κ1) is 13.6. The van der Waals surface area contributed by atoms with Crippen LogP contribution < -0.4 is 5.32 Å². The summed E-state index contributed by atoms with van der Waals surface area (Å²) in [5.41, 5.74) is 1.16. The Morgan fingerprint density at radius 1 is 1.30 bits per heavy atom. The molecular weight excluding hydrogens is 248 g/mol. The van der Waals surface area contributed by atoms with E-state index in [-0.39, 0.29) is 5.92 Å². The molecule has 2 heterocycles. The number of fused-ring (bicyclic) bond motifs is 1. The summed E-state index contributed by atoms with van der Waals surface area (Å²) in [6.07, 6.45) is 2.04. The lowest BCUT2D eigenvalue weighted by atomic mass is 9.87. The molecule has 2 saturated heterocycles. The molecule has 108 valence electrons. The van der Waals surface area contributed by atoms with E-state index in [2.05, 4.69) is 29.3 Å². The van der Waals surface area contributed by atoms with Crippen LogP contribution in [-0.2, 0) is 4.79 Å². The second-order valence-corrected chi connectivity index (χ2v) is 6.12. The summed E-state index contributed by atoms with van der Waals surface area (Å²) < 4.78 is 0. The summed E-state index contributed by atoms with van der Waals surface area (Å²) in [6, 6.07) is 10.2. The topological polar surface area (TPSA) is 32.3 Å². The number of benzene rings is 1. The first-order valence-electron chi connectivity index (χ1n) is 7.84. The molecular formula is C17H24N2O. The molecule has 3 heteroatoms. The maximum absolute atomic E-state index is 12.8. The highest BCUT2D eigenvalue weighted by molar-refractivity contribution is 5.83. The highest BCUT2D eigenvalue weighted by Gasteiger charge is 2.36. The van der Waals surface area contributed by atoms with Gasteiger partial charge in [0.25, 0.3) is 0 Å². The molecule has 0 bridgehead atoms. The average Bonchev–Trinajstić information content (AvgIpc) is 2.96. The molecule has 1 aromatic rings. The highest BCUT2D eigenvalue weighted by Crippen LogP contribution is 2.29. The molecule has 2 aliphatic heterocycles. The zero-order valence-electron chi connectivity index (χ0n) is 12.2. The third-order valence-electron chi connectivity index (χ3n) is 4.92. The highest BCUT2D eigenvalue weighted by atomic mass is 16.2. The summed E-state index contributed by atoms with van der Waals surface area (Å²) >= 11 is 0. The number of likely N-dealkylation sites (tertiary alicyclic amines) is 1. The number of rotatable bonds is 3. The number of hydrogen-bond acceptors (Lipinski definition) is 2. The summed E-state index contributed by atoms with van der Waals surface area (Å²) in [4.78, 5) is 14.9. The normalized spacial score (nSPS) is 27.1. The molecule has 2 fully saturated rings. The maximum atomic E-state index is 12.8. The SMILES string of the molecule is CCC(C(=O)N1CCC2CNCC2C1)c1ccccc1. The zero-order chi connectivity index (χ0) is 13.9. The maximum Gasteiger partial charge on any atom is 0.230 e. The van der Waals surface area contributed by atoms with E-state index in [0.717, 1.165) is 50.5 Å². The minimum Gasteiger partial charge on any atom is -0.342 e. The van der Waals surface area contributed by atoms with Crippen LogP contribution in [0.3, 0.4) is 0 Å². The van der Waals surface area contributed by atoms with Crippen LogP contribution in [0.2, 0.25) is 0 Å². The molecule has 0 radical (unpaired) electrons. The lowest BCUT2D eigenvalue weighted by Gasteiger charge is -2.36. The number of carbonyl (C=O) groups excluding carboxylic acids is 1. The standard InChI is InChI=1S/C17H24N2O/c1-2-16(13-6-4-3-5-7-13)17(20)19-9-8-14-10-18-11-15(14)12-19/h3-7,14-16,18H,2,8-12H2,1H3. The van der Waals surface area contributed by atoms with Gasteiger partial charge in [-0.05, 0) is 43.3 Å². The second-order valence-electron chi connectivity index (χ2n) is 6.12. The van der Waals surface area contributed by atoms with Gasteiger partial charge in [0.2, 0.25) is 5.91 Å². The van der Waals surface area contributed by atoms with Gasteiger partial charge in [-0.2, -0.15) is 0 Å². The first-order valence-corrected chi connectivity index (χ1v) is 7.84. The molecule has 0 spiro atoms. The van der Waals surface area contributed by atoms with Crippen molar-refractivity contribution in [2.24, 2.45) is 11.8 Å². The lowest BCUT2D eigenvalue weighted by molar-refractivity contribution is -0.135. The van der Waals surface area contributed by atoms with Crippen molar-refractivity contribution in [2.75, 3.05) is 26.2 Å². The Morgan fingerprint density at radius 3 is 2.80 bits per heavy atom. The smallest absolute Gasteiger partial charge is 0.230 e. The Balaban J connectivity index is 1.71. The van der Waals surface area contributed by atoms with Gasteiger partial charge in [-0.1, -0.05) is 37.3 Å². The number of amides is 1. The van der Waals surface area contributed by atoms with Crippen molar-refractivity contribution in [3.8, 4) is 0 Å². The van der Waals surface area contributed by atoms with Crippen molar-refractivity contribution < 1.29 is 4.79 Å². The first-order chi connectivity index (χ1) is 9.79. The second kappa shape index (κ2) is 5.96. The fraction of sp³-hybridized carbons (Fsp3) is 0.588. The van der Waals surface area contributed by atoms with E-state index in [9.17, 15) is 4.79 Å². The van der Waals surface area contributed by atoms with Gasteiger partial charge >= 0.3 is 0 Å². The van der Waals surface area contributed by atoms with Gasteiger partial charge < -0.3 is 10.2 Å². The van der Waals surface area contributed by atoms with Crippen LogP contribution in [0.1, 0.15) is 31.2 Å². The van der Waals surface area contributed by atoms with Crippen molar-refractivity contribution in [1.82, 2.24) is 10.2 Å². The van der Waals surface area contributed by atoms with Crippen LogP contribution in [0.15, 0.2) is 30.3 Å². The van der Waals surface area contributed by atoms with Gasteiger partial charge in [0.15, 0.2) is 0 Å². The number of nitrogens with one attached hydrogen (secondary N) is 1. The molecule has 0 aliphatic carbocycles. The van der Waals surface area contributed by atoms with Crippen molar-refractivity contribution in [3.63, 3.8) is 0 Å². The molecule has 20 heavy (non-hydrogen) atoms. The molecule has 0 saturated carbocycles. The van der Waals surface area contributed by atoms with Gasteiger partial charge in [0.1, 0.15) is 0 Å². The Hall–Kier alpha value is -1.35. The third kappa shape index (κ3) is 2.59. The molecule has 3 atom stereocenters. The van der Waals surface area contributed by atoms with E-state index < -0.39 is 0 Å². The number of piperidine rings is 1. The summed E-state index contributed by atoms with van der Waals surface area (Å²) in [6.45, 7) is 6.21. The fourth-order valence-corrected chi connectivity index (χ4v) is 3.69. The van der Waals surface area contributed by atoms with E-state index in [1.165, 1.54) is 0 Å². The van der Waals surface area contributed by atoms with E-state index in [0.29, 0.717) is 11.8 Å². The minimum absolute atomic E-state index is 0.0297. The molecule has 1 N–H and O–H groups in total. The Kier molecular flexibility index (Phi) is 4.06. The van der Waals surface area contributed by atoms with Crippen LogP contribution in [-0.4, -0.2) is 37.0 Å². The van der Waals surface area contributed by atoms with E-state index >= 15 is 0 Å². The van der Waals surface area contributed by atoms with E-state index in [1.807, 2.05) is 18.2 Å². The molecule has 1 aromatic carbocycles. The number of nitrogens with zero attached hydrogens (tertiary/aromatic N) is 1. The van der Waals surface area contributed by atoms with Gasteiger partial charge in [-0.25, -0.2) is 0 Å². The van der Waals surface area contributed by atoms with Crippen LogP contribution >= 0.6 is 0 Å². The molecule has 3 nitrogen and oxygen atoms in total. The Labute approximate surface area is 121 Å². The third-order valence-corrected chi connectivity index (χ3v) is 4.92. The fourth-order valence-electron chi connectivity index (χ4n) is 3.69. The van der Waals surface area contributed by atoms with Crippen LogP contribution in [0.4, 0.5) is 0 Å². The number of carbonyl (C=O) groups is 1. The van der Waals surface area contributed by atoms with Crippen LogP contribution in [0, 0.1) is 11.8 Å². The van der Waals surface area contributed by atoms with Gasteiger partial charge in [0, 0.05) is 13.1 Å². The van der Waals surface area contributed by atoms with E-state index in [1.54, 1.807) is 0 Å². The van der Waals surface area contributed by atoms with Crippen LogP contribution in [0.25, 0.3) is 0 Å². The quantitative estimate of drug-likeness (QED) is 0.915. The average molecular weight is 272 g/mol. The van der Waals surface area contributed by atoms with Crippen LogP contribution in [0.5, 0.6) is 0 Å². The Bertz CT molecular complexity index is 459. The summed E-state index contributed by atoms with van der Waals surface area (Å²) in [7, 11) is 0. The minimum atomic E-state index is 0.0297. The monoisotopic (exact) mass is 272 g/mol. The zero-order valence-corrected chi connectivity index (χ0v) is 12.2.